The van der Waals surface area contributed by atoms with Crippen molar-refractivity contribution in [1.82, 2.24) is 4.98 Å². The number of nitrogens with zero attached hydrogens (tertiary/aromatic N) is 1. The predicted octanol–water partition coefficient (Wildman–Crippen LogP) is 2.64. The number of nitro benzene ring substituents is 1. The van der Waals surface area contributed by atoms with Crippen LogP contribution in [0.2, 0.25) is 0 Å². The molecular weight excluding hydrogens is 384 g/mol. The average Bonchev–Trinajstić information content (AvgIpc) is 3.06. The van der Waals surface area contributed by atoms with Gasteiger partial charge in [-0.15, -0.1) is 12.4 Å². The molecule has 0 bridgehead atoms. The molecule has 0 aliphatic rings. The van der Waals surface area contributed by atoms with Gasteiger partial charge in [0.2, 0.25) is 0 Å². The minimum Gasteiger partial charge on any atom is -0.480 e. The number of carbonyl (C=O) groups is 1. The number of fused-ring (bicyclic) bond motifs is 1. The second-order valence-corrected chi connectivity index (χ2v) is 5.93. The third kappa shape index (κ3) is 6.05. The van der Waals surface area contributed by atoms with Crippen LogP contribution in [0.25, 0.3) is 10.9 Å². The van der Waals surface area contributed by atoms with Crippen LogP contribution < -0.4 is 11.5 Å². The van der Waals surface area contributed by atoms with Crippen LogP contribution in [0.5, 0.6) is 0 Å². The molecule has 0 saturated heterocycles. The summed E-state index contributed by atoms with van der Waals surface area (Å²) in [4.78, 5) is 23.8. The summed E-state index contributed by atoms with van der Waals surface area (Å²) in [6.07, 6.45) is 2.71. The van der Waals surface area contributed by atoms with Gasteiger partial charge in [-0.25, -0.2) is 0 Å². The Morgan fingerprint density at radius 2 is 1.79 bits per heavy atom. The predicted molar refractivity (Wildman–Crippen MR) is 111 cm³/mol. The summed E-state index contributed by atoms with van der Waals surface area (Å²) in [5.41, 5.74) is 13.6. The number of hydrogen-bond acceptors (Lipinski definition) is 5. The van der Waals surface area contributed by atoms with E-state index in [2.05, 4.69) is 4.98 Å². The van der Waals surface area contributed by atoms with Gasteiger partial charge < -0.3 is 21.6 Å². The summed E-state index contributed by atoms with van der Waals surface area (Å²) in [5, 5.41) is 20.2. The zero-order valence-corrected chi connectivity index (χ0v) is 15.9. The Labute approximate surface area is 168 Å². The number of aromatic amines is 1. The molecule has 0 fully saturated rings. The quantitative estimate of drug-likeness (QED) is 0.365. The Kier molecular flexibility index (Phi) is 9.10. The molecule has 0 aliphatic carbocycles. The number of H-pyrrole nitrogens is 1. The molecule has 0 amide bonds. The number of para-hydroxylation sites is 2. The lowest BCUT2D eigenvalue weighted by atomic mass is 10.1. The molecule has 8 nitrogen and oxygen atoms in total. The van der Waals surface area contributed by atoms with Gasteiger partial charge in [0.15, 0.2) is 0 Å². The first-order valence-electron chi connectivity index (χ1n) is 8.39. The molecule has 9 heteroatoms. The van der Waals surface area contributed by atoms with E-state index in [1.54, 1.807) is 18.2 Å². The van der Waals surface area contributed by atoms with Crippen molar-refractivity contribution >= 4 is 35.0 Å². The maximum atomic E-state index is 10.6. The van der Waals surface area contributed by atoms with Crippen LogP contribution in [0.1, 0.15) is 11.1 Å². The van der Waals surface area contributed by atoms with Gasteiger partial charge in [-0.1, -0.05) is 36.4 Å². The maximum Gasteiger partial charge on any atom is 0.320 e. The van der Waals surface area contributed by atoms with Crippen molar-refractivity contribution in [1.29, 1.82) is 0 Å². The van der Waals surface area contributed by atoms with Crippen LogP contribution in [-0.2, 0) is 17.6 Å². The number of nitrogens with one attached hydrogen (secondary N) is 1. The Bertz CT molecular complexity index is 929. The molecule has 1 heterocycles. The fraction of sp³-hybridized carbons (Fsp3) is 0.211. The van der Waals surface area contributed by atoms with Crippen LogP contribution >= 0.6 is 12.4 Å². The topological polar surface area (TPSA) is 148 Å². The second-order valence-electron chi connectivity index (χ2n) is 5.93. The van der Waals surface area contributed by atoms with E-state index in [9.17, 15) is 14.9 Å². The zero-order valence-electron chi connectivity index (χ0n) is 15.1. The number of nitrogens with two attached hydrogens (primary N) is 2. The Morgan fingerprint density at radius 1 is 1.14 bits per heavy atom. The summed E-state index contributed by atoms with van der Waals surface area (Å²) in [6.45, 7) is 0.435. The minimum atomic E-state index is -0.972. The van der Waals surface area contributed by atoms with Gasteiger partial charge in [0.05, 0.1) is 4.92 Å². The minimum absolute atomic E-state index is 0. The van der Waals surface area contributed by atoms with E-state index in [1.807, 2.05) is 30.5 Å². The van der Waals surface area contributed by atoms with Crippen LogP contribution in [0, 0.1) is 10.1 Å². The lowest BCUT2D eigenvalue weighted by Gasteiger charge is -2.04. The van der Waals surface area contributed by atoms with Crippen molar-refractivity contribution in [3.63, 3.8) is 0 Å². The van der Waals surface area contributed by atoms with E-state index in [-0.39, 0.29) is 23.0 Å². The summed E-state index contributed by atoms with van der Waals surface area (Å²) in [6, 6.07) is 13.6. The summed E-state index contributed by atoms with van der Waals surface area (Å²) < 4.78 is 0. The third-order valence-corrected chi connectivity index (χ3v) is 4.03. The molecule has 0 aliphatic heterocycles. The third-order valence-electron chi connectivity index (χ3n) is 4.03. The highest BCUT2D eigenvalue weighted by Crippen LogP contribution is 2.19. The number of benzene rings is 2. The molecule has 3 aromatic rings. The molecule has 1 aromatic heterocycles. The van der Waals surface area contributed by atoms with Gasteiger partial charge in [0.25, 0.3) is 5.69 Å². The van der Waals surface area contributed by atoms with Gasteiger partial charge in [0.1, 0.15) is 6.04 Å². The molecule has 0 spiro atoms. The first kappa shape index (κ1) is 23.1. The van der Waals surface area contributed by atoms with Gasteiger partial charge in [0, 0.05) is 35.2 Å². The first-order chi connectivity index (χ1) is 12.9. The molecule has 150 valence electrons. The van der Waals surface area contributed by atoms with Gasteiger partial charge in [-0.2, -0.15) is 0 Å². The Hall–Kier alpha value is -2.94. The molecule has 0 radical (unpaired) electrons. The van der Waals surface area contributed by atoms with Crippen molar-refractivity contribution in [2.75, 3.05) is 6.54 Å². The van der Waals surface area contributed by atoms with E-state index < -0.39 is 12.0 Å². The number of nitro groups is 1. The molecule has 28 heavy (non-hydrogen) atoms. The molecule has 2 aromatic carbocycles. The van der Waals surface area contributed by atoms with E-state index in [4.69, 9.17) is 16.6 Å². The standard InChI is InChI=1S/C11H12N2O2.C8H10N2O2.ClH/c12-9(11(14)15)5-7-6-13-10-4-2-1-3-8(7)10;9-6-5-7-3-1-2-4-8(7)10(11)12;/h1-4,6,9,13H,5,12H2,(H,14,15);1-4H,5-6,9H2;1H/t9-;;/m0../s1. The van der Waals surface area contributed by atoms with Gasteiger partial charge in [-0.3, -0.25) is 14.9 Å². The largest absolute Gasteiger partial charge is 0.480 e. The van der Waals surface area contributed by atoms with Crippen LogP contribution in [0.3, 0.4) is 0 Å². The van der Waals surface area contributed by atoms with E-state index in [0.29, 0.717) is 24.9 Å². The summed E-state index contributed by atoms with van der Waals surface area (Å²) in [5.74, 6) is -0.972. The molecule has 0 saturated carbocycles. The van der Waals surface area contributed by atoms with E-state index >= 15 is 0 Å². The van der Waals surface area contributed by atoms with Crippen molar-refractivity contribution in [3.05, 3.63) is 76.0 Å². The van der Waals surface area contributed by atoms with Gasteiger partial charge >= 0.3 is 5.97 Å². The normalized spacial score (nSPS) is 11.1. The number of carboxylic acids is 1. The highest BCUT2D eigenvalue weighted by Gasteiger charge is 2.14. The van der Waals surface area contributed by atoms with E-state index in [1.165, 1.54) is 6.07 Å². The van der Waals surface area contributed by atoms with Crippen LogP contribution in [0.4, 0.5) is 5.69 Å². The average molecular weight is 407 g/mol. The molecule has 0 unspecified atom stereocenters. The van der Waals surface area contributed by atoms with Gasteiger partial charge in [-0.05, 0) is 24.6 Å². The van der Waals surface area contributed by atoms with Crippen molar-refractivity contribution in [3.8, 4) is 0 Å². The first-order valence-corrected chi connectivity index (χ1v) is 8.39. The highest BCUT2D eigenvalue weighted by atomic mass is 35.5. The smallest absolute Gasteiger partial charge is 0.320 e. The lowest BCUT2D eigenvalue weighted by molar-refractivity contribution is -0.385. The molecule has 3 rings (SSSR count). The molecular formula is C19H23ClN4O4. The summed E-state index contributed by atoms with van der Waals surface area (Å²) in [7, 11) is 0. The highest BCUT2D eigenvalue weighted by molar-refractivity contribution is 5.85. The number of carboxylic acid groups (broad SMARTS) is 1. The lowest BCUT2D eigenvalue weighted by Crippen LogP contribution is -2.32. The fourth-order valence-corrected chi connectivity index (χ4v) is 2.68. The monoisotopic (exact) mass is 406 g/mol. The fourth-order valence-electron chi connectivity index (χ4n) is 2.68. The SMILES string of the molecule is Cl.NCCc1ccccc1[N+](=O)[O-].N[C@@H](Cc1c[nH]c2ccccc12)C(=O)O. The van der Waals surface area contributed by atoms with Crippen LogP contribution in [0.15, 0.2) is 54.7 Å². The van der Waals surface area contributed by atoms with Crippen molar-refractivity contribution < 1.29 is 14.8 Å². The number of rotatable bonds is 6. The van der Waals surface area contributed by atoms with E-state index in [0.717, 1.165) is 16.5 Å². The summed E-state index contributed by atoms with van der Waals surface area (Å²) >= 11 is 0. The number of aromatic nitrogens is 1. The molecule has 6 N–H and O–H groups in total. The number of halogens is 1. The Morgan fingerprint density at radius 3 is 2.43 bits per heavy atom. The zero-order chi connectivity index (χ0) is 19.8. The number of aliphatic carboxylic acids is 1. The maximum absolute atomic E-state index is 10.6. The van der Waals surface area contributed by atoms with Crippen molar-refractivity contribution in [2.45, 2.75) is 18.9 Å². The Balaban J connectivity index is 0.000000277. The molecule has 1 atom stereocenters. The number of hydrogen-bond donors (Lipinski definition) is 4. The van der Waals surface area contributed by atoms with Crippen LogP contribution in [-0.4, -0.2) is 33.6 Å². The van der Waals surface area contributed by atoms with Crippen molar-refractivity contribution in [2.24, 2.45) is 11.5 Å². The second kappa shape index (κ2) is 11.0.